The third kappa shape index (κ3) is 2.37. The molecule has 108 valence electrons. The highest BCUT2D eigenvalue weighted by Gasteiger charge is 2.34. The van der Waals surface area contributed by atoms with Crippen molar-refractivity contribution in [1.29, 1.82) is 0 Å². The molecule has 1 aliphatic rings. The monoisotopic (exact) mass is 277 g/mol. The van der Waals surface area contributed by atoms with E-state index in [-0.39, 0.29) is 5.41 Å². The van der Waals surface area contributed by atoms with Crippen molar-refractivity contribution in [1.82, 2.24) is 0 Å². The van der Waals surface area contributed by atoms with E-state index in [1.54, 1.807) is 0 Å². The SMILES string of the molecule is Cc1cc(C)c(N)c(C2(c3ccccc3)C=CCCC2)c1. The van der Waals surface area contributed by atoms with Gasteiger partial charge in [0.15, 0.2) is 0 Å². The van der Waals surface area contributed by atoms with Crippen LogP contribution in [-0.2, 0) is 5.41 Å². The fourth-order valence-corrected chi connectivity index (χ4v) is 3.57. The fraction of sp³-hybridized carbons (Fsp3) is 0.300. The summed E-state index contributed by atoms with van der Waals surface area (Å²) >= 11 is 0. The van der Waals surface area contributed by atoms with Gasteiger partial charge in [-0.15, -0.1) is 0 Å². The summed E-state index contributed by atoms with van der Waals surface area (Å²) < 4.78 is 0. The molecule has 0 bridgehead atoms. The molecule has 2 N–H and O–H groups in total. The van der Waals surface area contributed by atoms with Crippen molar-refractivity contribution in [2.45, 2.75) is 38.5 Å². The van der Waals surface area contributed by atoms with Crippen molar-refractivity contribution in [3.63, 3.8) is 0 Å². The summed E-state index contributed by atoms with van der Waals surface area (Å²) in [6, 6.07) is 15.2. The van der Waals surface area contributed by atoms with Gasteiger partial charge in [0.2, 0.25) is 0 Å². The zero-order chi connectivity index (χ0) is 14.9. The van der Waals surface area contributed by atoms with Gasteiger partial charge in [0.05, 0.1) is 0 Å². The largest absolute Gasteiger partial charge is 0.398 e. The van der Waals surface area contributed by atoms with Gasteiger partial charge < -0.3 is 5.73 Å². The van der Waals surface area contributed by atoms with Gasteiger partial charge in [-0.25, -0.2) is 0 Å². The predicted molar refractivity (Wildman–Crippen MR) is 90.5 cm³/mol. The third-order valence-electron chi connectivity index (χ3n) is 4.65. The second kappa shape index (κ2) is 5.40. The topological polar surface area (TPSA) is 26.0 Å². The van der Waals surface area contributed by atoms with E-state index in [0.29, 0.717) is 0 Å². The van der Waals surface area contributed by atoms with Crippen LogP contribution in [0.4, 0.5) is 5.69 Å². The lowest BCUT2D eigenvalue weighted by atomic mass is 9.67. The zero-order valence-corrected chi connectivity index (χ0v) is 12.9. The van der Waals surface area contributed by atoms with Crippen LogP contribution in [0.15, 0.2) is 54.6 Å². The van der Waals surface area contributed by atoms with E-state index in [0.717, 1.165) is 12.1 Å². The third-order valence-corrected chi connectivity index (χ3v) is 4.65. The first kappa shape index (κ1) is 13.9. The Labute approximate surface area is 127 Å². The first-order valence-corrected chi connectivity index (χ1v) is 7.74. The van der Waals surface area contributed by atoms with Crippen LogP contribution in [0.25, 0.3) is 0 Å². The van der Waals surface area contributed by atoms with Gasteiger partial charge in [0.25, 0.3) is 0 Å². The number of rotatable bonds is 2. The van der Waals surface area contributed by atoms with E-state index in [1.807, 2.05) is 0 Å². The number of benzene rings is 2. The number of aryl methyl sites for hydroxylation is 2. The van der Waals surface area contributed by atoms with Crippen LogP contribution in [0.3, 0.4) is 0 Å². The molecule has 1 atom stereocenters. The molecule has 0 amide bonds. The van der Waals surface area contributed by atoms with E-state index < -0.39 is 0 Å². The Kier molecular flexibility index (Phi) is 3.59. The Bertz CT molecular complexity index is 670. The van der Waals surface area contributed by atoms with Crippen molar-refractivity contribution in [3.05, 3.63) is 76.9 Å². The molecule has 1 heteroatoms. The number of hydrogen-bond acceptors (Lipinski definition) is 1. The number of allylic oxidation sites excluding steroid dienone is 2. The first-order chi connectivity index (χ1) is 10.1. The highest BCUT2D eigenvalue weighted by molar-refractivity contribution is 5.63. The fourth-order valence-electron chi connectivity index (χ4n) is 3.57. The molecule has 0 radical (unpaired) electrons. The highest BCUT2D eigenvalue weighted by atomic mass is 14.6. The van der Waals surface area contributed by atoms with Crippen molar-refractivity contribution in [3.8, 4) is 0 Å². The predicted octanol–water partition coefficient (Wildman–Crippen LogP) is 4.91. The Hall–Kier alpha value is -2.02. The standard InChI is InChI=1S/C20H23N/c1-15-13-16(2)19(21)18(14-15)20(11-7-4-8-12-20)17-9-5-3-6-10-17/h3,5-7,9-11,13-14H,4,8,12,21H2,1-2H3. The van der Waals surface area contributed by atoms with Gasteiger partial charge in [-0.05, 0) is 49.8 Å². The van der Waals surface area contributed by atoms with E-state index >= 15 is 0 Å². The number of hydrogen-bond donors (Lipinski definition) is 1. The molecular weight excluding hydrogens is 254 g/mol. The van der Waals surface area contributed by atoms with Crippen LogP contribution >= 0.6 is 0 Å². The summed E-state index contributed by atoms with van der Waals surface area (Å²) in [4.78, 5) is 0. The molecule has 1 nitrogen and oxygen atoms in total. The maximum Gasteiger partial charge on any atom is 0.0402 e. The van der Waals surface area contributed by atoms with Crippen LogP contribution in [0.2, 0.25) is 0 Å². The molecule has 0 aliphatic heterocycles. The summed E-state index contributed by atoms with van der Waals surface area (Å²) in [6.07, 6.45) is 8.18. The molecule has 0 saturated heterocycles. The molecule has 2 aromatic rings. The minimum atomic E-state index is -0.0691. The van der Waals surface area contributed by atoms with Gasteiger partial charge in [-0.3, -0.25) is 0 Å². The first-order valence-electron chi connectivity index (χ1n) is 7.74. The maximum absolute atomic E-state index is 6.47. The Balaban J connectivity index is 2.27. The quantitative estimate of drug-likeness (QED) is 0.612. The minimum absolute atomic E-state index is 0.0691. The average molecular weight is 277 g/mol. The van der Waals surface area contributed by atoms with Gasteiger partial charge in [-0.1, -0.05) is 60.2 Å². The van der Waals surface area contributed by atoms with E-state index in [4.69, 9.17) is 5.73 Å². The summed E-state index contributed by atoms with van der Waals surface area (Å²) in [5, 5.41) is 0. The molecule has 1 unspecified atom stereocenters. The molecule has 0 spiro atoms. The molecule has 21 heavy (non-hydrogen) atoms. The smallest absolute Gasteiger partial charge is 0.0402 e. The normalized spacial score (nSPS) is 21.4. The van der Waals surface area contributed by atoms with Gasteiger partial charge in [0, 0.05) is 11.1 Å². The van der Waals surface area contributed by atoms with Crippen molar-refractivity contribution >= 4 is 5.69 Å². The summed E-state index contributed by atoms with van der Waals surface area (Å²) in [7, 11) is 0. The number of nitrogens with two attached hydrogens (primary N) is 1. The number of nitrogen functional groups attached to an aromatic ring is 1. The van der Waals surface area contributed by atoms with E-state index in [2.05, 4.69) is 68.5 Å². The Morgan fingerprint density at radius 1 is 1.05 bits per heavy atom. The van der Waals surface area contributed by atoms with E-state index in [1.165, 1.54) is 35.1 Å². The van der Waals surface area contributed by atoms with Gasteiger partial charge in [0.1, 0.15) is 0 Å². The molecule has 0 fully saturated rings. The molecule has 2 aromatic carbocycles. The molecule has 3 rings (SSSR count). The lowest BCUT2D eigenvalue weighted by molar-refractivity contribution is 0.531. The molecule has 1 aliphatic carbocycles. The molecular formula is C20H23N. The Morgan fingerprint density at radius 2 is 1.81 bits per heavy atom. The van der Waals surface area contributed by atoms with Crippen LogP contribution < -0.4 is 5.73 Å². The number of anilines is 1. The zero-order valence-electron chi connectivity index (χ0n) is 12.9. The summed E-state index contributed by atoms with van der Waals surface area (Å²) in [5.74, 6) is 0. The molecule has 0 saturated carbocycles. The lowest BCUT2D eigenvalue weighted by Gasteiger charge is -2.36. The average Bonchev–Trinajstić information content (AvgIpc) is 2.52. The molecule has 0 heterocycles. The van der Waals surface area contributed by atoms with E-state index in [9.17, 15) is 0 Å². The lowest BCUT2D eigenvalue weighted by Crippen LogP contribution is -2.28. The second-order valence-corrected chi connectivity index (χ2v) is 6.18. The van der Waals surface area contributed by atoms with Crippen molar-refractivity contribution in [2.24, 2.45) is 0 Å². The maximum atomic E-state index is 6.47. The van der Waals surface area contributed by atoms with Crippen LogP contribution in [-0.4, -0.2) is 0 Å². The van der Waals surface area contributed by atoms with Crippen LogP contribution in [0, 0.1) is 13.8 Å². The summed E-state index contributed by atoms with van der Waals surface area (Å²) in [6.45, 7) is 4.26. The van der Waals surface area contributed by atoms with Crippen LogP contribution in [0.1, 0.15) is 41.5 Å². The summed E-state index contributed by atoms with van der Waals surface area (Å²) in [5.41, 5.74) is 12.4. The van der Waals surface area contributed by atoms with Gasteiger partial charge >= 0.3 is 0 Å². The van der Waals surface area contributed by atoms with Crippen molar-refractivity contribution in [2.75, 3.05) is 5.73 Å². The van der Waals surface area contributed by atoms with Crippen LogP contribution in [0.5, 0.6) is 0 Å². The van der Waals surface area contributed by atoms with Crippen molar-refractivity contribution < 1.29 is 0 Å². The Morgan fingerprint density at radius 3 is 2.48 bits per heavy atom. The second-order valence-electron chi connectivity index (χ2n) is 6.18. The van der Waals surface area contributed by atoms with Gasteiger partial charge in [-0.2, -0.15) is 0 Å². The molecule has 0 aromatic heterocycles. The highest BCUT2D eigenvalue weighted by Crippen LogP contribution is 2.44. The minimum Gasteiger partial charge on any atom is -0.398 e.